The lowest BCUT2D eigenvalue weighted by atomic mass is 9.88. The molecule has 29 heavy (non-hydrogen) atoms. The van der Waals surface area contributed by atoms with Gasteiger partial charge in [-0.3, -0.25) is 19.9 Å². The third-order valence-corrected chi connectivity index (χ3v) is 6.39. The number of carbonyl (C=O) groups is 2. The molecule has 5 aliphatic rings. The second-order valence-corrected chi connectivity index (χ2v) is 8.23. The van der Waals surface area contributed by atoms with Crippen molar-refractivity contribution in [2.75, 3.05) is 39.4 Å². The van der Waals surface area contributed by atoms with Crippen LogP contribution in [0.25, 0.3) is 0 Å². The van der Waals surface area contributed by atoms with E-state index in [1.165, 1.54) is 6.42 Å². The number of hydrogen-bond donors (Lipinski definition) is 2. The van der Waals surface area contributed by atoms with Crippen molar-refractivity contribution < 1.29 is 14.3 Å². The number of hydrogen-bond acceptors (Lipinski definition) is 9. The van der Waals surface area contributed by atoms with Crippen LogP contribution in [0.2, 0.25) is 0 Å². The van der Waals surface area contributed by atoms with Crippen molar-refractivity contribution in [2.24, 2.45) is 15.7 Å². The van der Waals surface area contributed by atoms with Gasteiger partial charge >= 0.3 is 0 Å². The van der Waals surface area contributed by atoms with E-state index in [1.807, 2.05) is 9.91 Å². The molecule has 156 valence electrons. The summed E-state index contributed by atoms with van der Waals surface area (Å²) in [5.41, 5.74) is 10.3. The molecule has 10 nitrogen and oxygen atoms in total. The van der Waals surface area contributed by atoms with Crippen LogP contribution in [0.3, 0.4) is 0 Å². The minimum atomic E-state index is -0.926. The first-order valence-corrected chi connectivity index (χ1v) is 10.5. The van der Waals surface area contributed by atoms with E-state index in [2.05, 4.69) is 20.3 Å². The number of carbonyl (C=O) groups excluding carboxylic acids is 2. The molecular weight excluding hydrogens is 374 g/mol. The van der Waals surface area contributed by atoms with Crippen LogP contribution in [0.4, 0.5) is 0 Å². The number of nitrogens with one attached hydrogen (secondary N) is 1. The van der Waals surface area contributed by atoms with Gasteiger partial charge in [0.25, 0.3) is 0 Å². The summed E-state index contributed by atoms with van der Waals surface area (Å²) in [7, 11) is 0. The Kier molecular flexibility index (Phi) is 4.75. The predicted molar refractivity (Wildman–Crippen MR) is 106 cm³/mol. The third-order valence-electron chi connectivity index (χ3n) is 6.39. The van der Waals surface area contributed by atoms with Crippen LogP contribution >= 0.6 is 0 Å². The molecule has 0 radical (unpaired) electrons. The van der Waals surface area contributed by atoms with Gasteiger partial charge in [-0.15, -0.1) is 0 Å². The first-order chi connectivity index (χ1) is 14.1. The smallest absolute Gasteiger partial charge is 0.248 e. The quantitative estimate of drug-likeness (QED) is 0.582. The summed E-state index contributed by atoms with van der Waals surface area (Å²) in [6, 6.07) is -0.707. The SMILES string of the molecule is NC(=O)C1C(=O)C2=C(CN3NC(N4CCOCC4)=NC3=N2)CN1C1CCCCC1. The number of aliphatic imine (C=N–C) groups is 2. The summed E-state index contributed by atoms with van der Waals surface area (Å²) in [6.45, 7) is 3.91. The van der Waals surface area contributed by atoms with Gasteiger partial charge in [0.2, 0.25) is 23.6 Å². The fraction of sp³-hybridized carbons (Fsp3) is 0.684. The van der Waals surface area contributed by atoms with Gasteiger partial charge < -0.3 is 15.4 Å². The Hall–Kier alpha value is -2.46. The molecule has 0 aromatic carbocycles. The molecular formula is C19H27N7O3. The maximum atomic E-state index is 13.2. The summed E-state index contributed by atoms with van der Waals surface area (Å²) in [5.74, 6) is 0.325. The van der Waals surface area contributed by atoms with Crippen molar-refractivity contribution in [3.8, 4) is 0 Å². The number of hydrazine groups is 1. The monoisotopic (exact) mass is 401 g/mol. The van der Waals surface area contributed by atoms with Crippen LogP contribution in [0.15, 0.2) is 21.3 Å². The lowest BCUT2D eigenvalue weighted by Gasteiger charge is -2.42. The van der Waals surface area contributed by atoms with Gasteiger partial charge in [-0.1, -0.05) is 19.3 Å². The molecule has 2 fully saturated rings. The van der Waals surface area contributed by atoms with Crippen molar-refractivity contribution in [3.05, 3.63) is 11.3 Å². The molecule has 0 aromatic heterocycles. The summed E-state index contributed by atoms with van der Waals surface area (Å²) >= 11 is 0. The molecule has 0 aromatic rings. The van der Waals surface area contributed by atoms with Gasteiger partial charge in [-0.05, 0) is 18.4 Å². The first kappa shape index (κ1) is 18.6. The Morgan fingerprint density at radius 3 is 2.59 bits per heavy atom. The van der Waals surface area contributed by atoms with E-state index in [-0.39, 0.29) is 11.8 Å². The van der Waals surface area contributed by atoms with Gasteiger partial charge in [0.05, 0.1) is 19.8 Å². The molecule has 4 aliphatic heterocycles. The molecule has 1 aliphatic carbocycles. The molecule has 0 bridgehead atoms. The topological polar surface area (TPSA) is 116 Å². The highest BCUT2D eigenvalue weighted by Crippen LogP contribution is 2.32. The number of nitrogens with two attached hydrogens (primary N) is 1. The lowest BCUT2D eigenvalue weighted by Crippen LogP contribution is -2.59. The Balaban J connectivity index is 1.41. The molecule has 4 heterocycles. The molecule has 1 unspecified atom stereocenters. The minimum absolute atomic E-state index is 0.219. The second kappa shape index (κ2) is 7.42. The summed E-state index contributed by atoms with van der Waals surface area (Å²) in [4.78, 5) is 38.6. The van der Waals surface area contributed by atoms with Crippen LogP contribution < -0.4 is 11.2 Å². The predicted octanol–water partition coefficient (Wildman–Crippen LogP) is -0.810. The Bertz CT molecular complexity index is 809. The molecule has 1 amide bonds. The maximum Gasteiger partial charge on any atom is 0.248 e. The second-order valence-electron chi connectivity index (χ2n) is 8.23. The van der Waals surface area contributed by atoms with Gasteiger partial charge in [0.15, 0.2) is 6.04 Å². The van der Waals surface area contributed by atoms with Crippen molar-refractivity contribution in [3.63, 3.8) is 0 Å². The zero-order valence-corrected chi connectivity index (χ0v) is 16.5. The molecule has 1 atom stereocenters. The van der Waals surface area contributed by atoms with E-state index in [0.29, 0.717) is 38.0 Å². The number of ketones is 1. The number of Topliss-reactive ketones (excluding diaryl/α,β-unsaturated/α-hetero) is 1. The van der Waals surface area contributed by atoms with E-state index >= 15 is 0 Å². The average Bonchev–Trinajstić information content (AvgIpc) is 3.16. The van der Waals surface area contributed by atoms with E-state index in [9.17, 15) is 9.59 Å². The Labute approximate surface area is 169 Å². The van der Waals surface area contributed by atoms with Crippen molar-refractivity contribution in [1.29, 1.82) is 0 Å². The van der Waals surface area contributed by atoms with Crippen LogP contribution in [-0.4, -0.2) is 89.9 Å². The van der Waals surface area contributed by atoms with Gasteiger partial charge in [0.1, 0.15) is 5.70 Å². The third kappa shape index (κ3) is 3.29. The number of rotatable bonds is 2. The number of morpholine rings is 1. The van der Waals surface area contributed by atoms with Crippen molar-refractivity contribution >= 4 is 23.6 Å². The van der Waals surface area contributed by atoms with E-state index in [1.54, 1.807) is 0 Å². The van der Waals surface area contributed by atoms with Crippen molar-refractivity contribution in [1.82, 2.24) is 20.2 Å². The number of primary amides is 1. The highest BCUT2D eigenvalue weighted by atomic mass is 16.5. The lowest BCUT2D eigenvalue weighted by molar-refractivity contribution is -0.134. The molecule has 1 saturated carbocycles. The van der Waals surface area contributed by atoms with E-state index in [4.69, 9.17) is 10.5 Å². The fourth-order valence-corrected chi connectivity index (χ4v) is 4.90. The number of fused-ring (bicyclic) bond motifs is 1. The number of amides is 1. The van der Waals surface area contributed by atoms with E-state index in [0.717, 1.165) is 50.3 Å². The van der Waals surface area contributed by atoms with Crippen molar-refractivity contribution in [2.45, 2.75) is 44.2 Å². The van der Waals surface area contributed by atoms with E-state index < -0.39 is 11.9 Å². The number of nitrogens with zero attached hydrogens (tertiary/aromatic N) is 5. The zero-order valence-electron chi connectivity index (χ0n) is 16.5. The number of ether oxygens (including phenoxy) is 1. The molecule has 10 heteroatoms. The molecule has 0 spiro atoms. The van der Waals surface area contributed by atoms with Crippen LogP contribution in [-0.2, 0) is 14.3 Å². The molecule has 5 rings (SSSR count). The number of guanidine groups is 2. The minimum Gasteiger partial charge on any atom is -0.378 e. The Morgan fingerprint density at radius 2 is 1.86 bits per heavy atom. The normalized spacial score (nSPS) is 28.6. The van der Waals surface area contributed by atoms with Gasteiger partial charge in [0, 0.05) is 25.7 Å². The van der Waals surface area contributed by atoms with Crippen LogP contribution in [0, 0.1) is 0 Å². The summed E-state index contributed by atoms with van der Waals surface area (Å²) in [6.07, 6.45) is 5.46. The maximum absolute atomic E-state index is 13.2. The average molecular weight is 401 g/mol. The Morgan fingerprint density at radius 1 is 1.10 bits per heavy atom. The standard InChI is InChI=1S/C19H27N7O3/c20-17(28)15-16(27)14-12(10-25(15)13-4-2-1-3-5-13)11-26-18(21-14)22-19(23-26)24-6-8-29-9-7-24/h13,15H,1-11H2,(H2,20,28)(H,21,22,23). The van der Waals surface area contributed by atoms with Gasteiger partial charge in [-0.2, -0.15) is 4.99 Å². The largest absolute Gasteiger partial charge is 0.378 e. The fourth-order valence-electron chi connectivity index (χ4n) is 4.90. The molecule has 1 saturated heterocycles. The first-order valence-electron chi connectivity index (χ1n) is 10.5. The summed E-state index contributed by atoms with van der Waals surface area (Å²) < 4.78 is 5.40. The van der Waals surface area contributed by atoms with Crippen LogP contribution in [0.5, 0.6) is 0 Å². The van der Waals surface area contributed by atoms with Crippen LogP contribution in [0.1, 0.15) is 32.1 Å². The zero-order chi connectivity index (χ0) is 20.0. The van der Waals surface area contributed by atoms with Gasteiger partial charge in [-0.25, -0.2) is 10.0 Å². The summed E-state index contributed by atoms with van der Waals surface area (Å²) in [5, 5.41) is 1.88. The highest BCUT2D eigenvalue weighted by molar-refractivity contribution is 6.15. The molecule has 3 N–H and O–H groups in total. The highest BCUT2D eigenvalue weighted by Gasteiger charge is 2.45.